The van der Waals surface area contributed by atoms with Crippen molar-refractivity contribution >= 4 is 17.5 Å². The lowest BCUT2D eigenvalue weighted by Gasteiger charge is -2.36. The molecule has 128 valence electrons. The van der Waals surface area contributed by atoms with Crippen LogP contribution in [0.5, 0.6) is 0 Å². The fraction of sp³-hybridized carbons (Fsp3) is 0.474. The molecule has 2 aromatic rings. The van der Waals surface area contributed by atoms with Crippen LogP contribution in [0.25, 0.3) is 0 Å². The minimum absolute atomic E-state index is 0.579. The number of nitrogens with one attached hydrogen (secondary N) is 1. The molecule has 0 bridgehead atoms. The molecule has 0 spiro atoms. The first-order chi connectivity index (χ1) is 11.6. The minimum atomic E-state index is 0.579. The second-order valence-electron chi connectivity index (χ2n) is 6.83. The van der Waals surface area contributed by atoms with Gasteiger partial charge in [-0.3, -0.25) is 0 Å². The summed E-state index contributed by atoms with van der Waals surface area (Å²) in [6, 6.07) is 10.7. The van der Waals surface area contributed by atoms with Crippen LogP contribution in [0.2, 0.25) is 0 Å². The molecule has 0 amide bonds. The summed E-state index contributed by atoms with van der Waals surface area (Å²) < 4.78 is 0. The zero-order valence-corrected chi connectivity index (χ0v) is 14.9. The van der Waals surface area contributed by atoms with E-state index in [1.807, 2.05) is 12.3 Å². The van der Waals surface area contributed by atoms with E-state index in [-0.39, 0.29) is 0 Å². The van der Waals surface area contributed by atoms with Gasteiger partial charge in [0.1, 0.15) is 5.82 Å². The van der Waals surface area contributed by atoms with Crippen LogP contribution in [0.15, 0.2) is 36.5 Å². The summed E-state index contributed by atoms with van der Waals surface area (Å²) >= 11 is 0. The Bertz CT molecular complexity index is 662. The average molecular weight is 325 g/mol. The molecule has 1 aliphatic rings. The van der Waals surface area contributed by atoms with Crippen LogP contribution in [0.1, 0.15) is 19.4 Å². The second-order valence-corrected chi connectivity index (χ2v) is 6.83. The highest BCUT2D eigenvalue weighted by molar-refractivity contribution is 5.51. The fourth-order valence-electron chi connectivity index (χ4n) is 2.92. The van der Waals surface area contributed by atoms with Gasteiger partial charge in [-0.15, -0.1) is 0 Å². The molecule has 2 heterocycles. The number of piperazine rings is 1. The highest BCUT2D eigenvalue weighted by atomic mass is 15.3. The van der Waals surface area contributed by atoms with E-state index in [0.29, 0.717) is 5.92 Å². The van der Waals surface area contributed by atoms with Gasteiger partial charge in [-0.25, -0.2) is 4.98 Å². The zero-order valence-electron chi connectivity index (χ0n) is 14.9. The van der Waals surface area contributed by atoms with Crippen LogP contribution in [0, 0.1) is 12.8 Å². The molecule has 0 atom stereocenters. The molecule has 5 nitrogen and oxygen atoms in total. The summed E-state index contributed by atoms with van der Waals surface area (Å²) in [5, 5.41) is 3.31. The van der Waals surface area contributed by atoms with Gasteiger partial charge in [0.15, 0.2) is 0 Å². The molecule has 5 heteroatoms. The summed E-state index contributed by atoms with van der Waals surface area (Å²) in [5.41, 5.74) is 2.63. The zero-order chi connectivity index (χ0) is 16.9. The van der Waals surface area contributed by atoms with Gasteiger partial charge in [-0.1, -0.05) is 26.0 Å². The van der Waals surface area contributed by atoms with Crippen molar-refractivity contribution in [1.82, 2.24) is 9.97 Å². The Kier molecular flexibility index (Phi) is 5.18. The van der Waals surface area contributed by atoms with E-state index in [1.54, 1.807) is 0 Å². The SMILES string of the molecule is Cc1cccc(N2CCN(c3ccnc(NCC(C)C)n3)CC2)c1. The van der Waals surface area contributed by atoms with Gasteiger partial charge < -0.3 is 15.1 Å². The first kappa shape index (κ1) is 16.6. The molecule has 1 aromatic heterocycles. The summed E-state index contributed by atoms with van der Waals surface area (Å²) in [5.74, 6) is 2.32. The van der Waals surface area contributed by atoms with Crippen LogP contribution in [0.4, 0.5) is 17.5 Å². The maximum atomic E-state index is 4.67. The van der Waals surface area contributed by atoms with Crippen molar-refractivity contribution in [1.29, 1.82) is 0 Å². The number of hydrogen-bond acceptors (Lipinski definition) is 5. The Morgan fingerprint density at radius 2 is 1.83 bits per heavy atom. The van der Waals surface area contributed by atoms with Crippen LogP contribution in [0.3, 0.4) is 0 Å². The standard InChI is InChI=1S/C19H27N5/c1-15(2)14-21-19-20-8-7-18(22-19)24-11-9-23(10-12-24)17-6-4-5-16(3)13-17/h4-8,13,15H,9-12,14H2,1-3H3,(H,20,21,22). The number of nitrogens with zero attached hydrogens (tertiary/aromatic N) is 4. The third-order valence-electron chi connectivity index (χ3n) is 4.28. The molecule has 0 unspecified atom stereocenters. The van der Waals surface area contributed by atoms with Gasteiger partial charge in [0.2, 0.25) is 5.95 Å². The fourth-order valence-corrected chi connectivity index (χ4v) is 2.92. The van der Waals surface area contributed by atoms with Gasteiger partial charge in [-0.2, -0.15) is 4.98 Å². The van der Waals surface area contributed by atoms with E-state index >= 15 is 0 Å². The Hall–Kier alpha value is -2.30. The molecule has 0 saturated carbocycles. The van der Waals surface area contributed by atoms with E-state index in [2.05, 4.69) is 70.1 Å². The van der Waals surface area contributed by atoms with E-state index in [0.717, 1.165) is 44.5 Å². The molecule has 1 fully saturated rings. The molecule has 3 rings (SSSR count). The van der Waals surface area contributed by atoms with Gasteiger partial charge in [-0.05, 0) is 36.6 Å². The van der Waals surface area contributed by atoms with Crippen molar-refractivity contribution in [3.8, 4) is 0 Å². The lowest BCUT2D eigenvalue weighted by Crippen LogP contribution is -2.46. The van der Waals surface area contributed by atoms with Gasteiger partial charge in [0, 0.05) is 44.6 Å². The maximum Gasteiger partial charge on any atom is 0.224 e. The summed E-state index contributed by atoms with van der Waals surface area (Å²) in [6.07, 6.45) is 1.85. The predicted molar refractivity (Wildman–Crippen MR) is 101 cm³/mol. The van der Waals surface area contributed by atoms with E-state index in [9.17, 15) is 0 Å². The largest absolute Gasteiger partial charge is 0.368 e. The third-order valence-corrected chi connectivity index (χ3v) is 4.28. The lowest BCUT2D eigenvalue weighted by molar-refractivity contribution is 0.645. The second kappa shape index (κ2) is 7.51. The summed E-state index contributed by atoms with van der Waals surface area (Å²) in [7, 11) is 0. The van der Waals surface area contributed by atoms with Gasteiger partial charge in [0.25, 0.3) is 0 Å². The summed E-state index contributed by atoms with van der Waals surface area (Å²) in [6.45, 7) is 11.4. The molecule has 0 aliphatic carbocycles. The average Bonchev–Trinajstić information content (AvgIpc) is 2.60. The number of aryl methyl sites for hydroxylation is 1. The molecule has 1 N–H and O–H groups in total. The quantitative estimate of drug-likeness (QED) is 0.915. The van der Waals surface area contributed by atoms with Crippen LogP contribution in [-0.2, 0) is 0 Å². The topological polar surface area (TPSA) is 44.3 Å². The van der Waals surface area contributed by atoms with Crippen molar-refractivity contribution in [2.24, 2.45) is 5.92 Å². The minimum Gasteiger partial charge on any atom is -0.368 e. The van der Waals surface area contributed by atoms with Crippen molar-refractivity contribution < 1.29 is 0 Å². The number of hydrogen-bond donors (Lipinski definition) is 1. The Morgan fingerprint density at radius 3 is 2.54 bits per heavy atom. The lowest BCUT2D eigenvalue weighted by atomic mass is 10.2. The molecule has 1 aliphatic heterocycles. The number of benzene rings is 1. The summed E-state index contributed by atoms with van der Waals surface area (Å²) in [4.78, 5) is 13.8. The molecule has 24 heavy (non-hydrogen) atoms. The molecular formula is C19H27N5. The van der Waals surface area contributed by atoms with Crippen molar-refractivity contribution in [2.75, 3.05) is 47.8 Å². The van der Waals surface area contributed by atoms with E-state index in [1.165, 1.54) is 11.3 Å². The highest BCUT2D eigenvalue weighted by Crippen LogP contribution is 2.20. The van der Waals surface area contributed by atoms with Gasteiger partial charge in [0.05, 0.1) is 0 Å². The van der Waals surface area contributed by atoms with Crippen LogP contribution < -0.4 is 15.1 Å². The van der Waals surface area contributed by atoms with Crippen molar-refractivity contribution in [2.45, 2.75) is 20.8 Å². The predicted octanol–water partition coefficient (Wildman–Crippen LogP) is 3.18. The smallest absolute Gasteiger partial charge is 0.224 e. The van der Waals surface area contributed by atoms with E-state index in [4.69, 9.17) is 0 Å². The van der Waals surface area contributed by atoms with Gasteiger partial charge >= 0.3 is 0 Å². The molecule has 0 radical (unpaired) electrons. The number of aromatic nitrogens is 2. The number of rotatable bonds is 5. The van der Waals surface area contributed by atoms with E-state index < -0.39 is 0 Å². The first-order valence-electron chi connectivity index (χ1n) is 8.75. The first-order valence-corrected chi connectivity index (χ1v) is 8.75. The third kappa shape index (κ3) is 4.16. The van der Waals surface area contributed by atoms with Crippen LogP contribution >= 0.6 is 0 Å². The Balaban J connectivity index is 1.61. The maximum absolute atomic E-state index is 4.67. The van der Waals surface area contributed by atoms with Crippen molar-refractivity contribution in [3.63, 3.8) is 0 Å². The highest BCUT2D eigenvalue weighted by Gasteiger charge is 2.18. The Labute approximate surface area is 144 Å². The van der Waals surface area contributed by atoms with Crippen molar-refractivity contribution in [3.05, 3.63) is 42.1 Å². The normalized spacial score (nSPS) is 15.0. The number of anilines is 3. The van der Waals surface area contributed by atoms with Crippen LogP contribution in [-0.4, -0.2) is 42.7 Å². The molecule has 1 aromatic carbocycles. The Morgan fingerprint density at radius 1 is 1.08 bits per heavy atom. The molecular weight excluding hydrogens is 298 g/mol. The molecule has 1 saturated heterocycles. The monoisotopic (exact) mass is 325 g/mol.